The molecule has 0 aliphatic rings. The van der Waals surface area contributed by atoms with Gasteiger partial charge in [0.1, 0.15) is 5.78 Å². The first-order valence-corrected chi connectivity index (χ1v) is 8.20. The van der Waals surface area contributed by atoms with Crippen molar-refractivity contribution in [2.24, 2.45) is 0 Å². The van der Waals surface area contributed by atoms with Crippen molar-refractivity contribution >= 4 is 21.7 Å². The number of pyridine rings is 1. The van der Waals surface area contributed by atoms with Crippen molar-refractivity contribution < 1.29 is 9.53 Å². The normalized spacial score (nSPS) is 12.0. The minimum atomic E-state index is -0.0554. The first-order valence-electron chi connectivity index (χ1n) is 7.41. The second kappa shape index (κ2) is 8.08. The van der Waals surface area contributed by atoms with Gasteiger partial charge in [-0.15, -0.1) is 0 Å². The summed E-state index contributed by atoms with van der Waals surface area (Å²) in [5, 5.41) is 0. The molecule has 22 heavy (non-hydrogen) atoms. The number of carbonyl (C=O) groups excluding carboxylic acids is 1. The van der Waals surface area contributed by atoms with E-state index in [-0.39, 0.29) is 11.7 Å². The van der Waals surface area contributed by atoms with Crippen molar-refractivity contribution in [3.8, 4) is 5.88 Å². The molecule has 0 N–H and O–H groups in total. The molecule has 1 aromatic carbocycles. The Morgan fingerprint density at radius 3 is 2.50 bits per heavy atom. The third-order valence-corrected chi connectivity index (χ3v) is 4.15. The summed E-state index contributed by atoms with van der Waals surface area (Å²) >= 11 is 3.43. The maximum absolute atomic E-state index is 12.7. The molecule has 1 heterocycles. The highest BCUT2D eigenvalue weighted by molar-refractivity contribution is 9.10. The van der Waals surface area contributed by atoms with E-state index in [1.807, 2.05) is 30.3 Å². The van der Waals surface area contributed by atoms with Crippen LogP contribution in [0, 0.1) is 0 Å². The minimum absolute atomic E-state index is 0.0554. The van der Waals surface area contributed by atoms with Crippen molar-refractivity contribution in [3.63, 3.8) is 0 Å². The number of aromatic nitrogens is 1. The molecule has 116 valence electrons. The molecule has 0 fully saturated rings. The lowest BCUT2D eigenvalue weighted by molar-refractivity contribution is -0.120. The third-order valence-electron chi connectivity index (χ3n) is 3.62. The van der Waals surface area contributed by atoms with Gasteiger partial charge in [0.2, 0.25) is 5.88 Å². The molecule has 2 aromatic rings. The third kappa shape index (κ3) is 4.41. The van der Waals surface area contributed by atoms with Gasteiger partial charge in [0.15, 0.2) is 0 Å². The van der Waals surface area contributed by atoms with Gasteiger partial charge in [-0.05, 0) is 29.7 Å². The largest absolute Gasteiger partial charge is 0.481 e. The van der Waals surface area contributed by atoms with Crippen molar-refractivity contribution in [2.75, 3.05) is 7.11 Å². The first-order chi connectivity index (χ1) is 10.6. The standard InChI is InChI=1S/C18H20BrNO2/c1-3-4-16(14-6-8-15(19)9-7-14)17(21)11-13-5-10-18(22-2)20-12-13/h5-10,12,16H,3-4,11H2,1-2H3. The zero-order chi connectivity index (χ0) is 15.9. The molecular formula is C18H20BrNO2. The number of ketones is 1. The van der Waals surface area contributed by atoms with Gasteiger partial charge in [0.25, 0.3) is 0 Å². The number of hydrogen-bond donors (Lipinski definition) is 0. The van der Waals surface area contributed by atoms with E-state index in [0.717, 1.165) is 28.4 Å². The first kappa shape index (κ1) is 16.7. The molecule has 1 unspecified atom stereocenters. The number of benzene rings is 1. The van der Waals surface area contributed by atoms with Gasteiger partial charge in [-0.25, -0.2) is 4.98 Å². The fourth-order valence-electron chi connectivity index (χ4n) is 2.46. The molecule has 0 bridgehead atoms. The van der Waals surface area contributed by atoms with E-state index in [0.29, 0.717) is 12.3 Å². The Kier molecular flexibility index (Phi) is 6.13. The molecule has 0 spiro atoms. The number of hydrogen-bond acceptors (Lipinski definition) is 3. The highest BCUT2D eigenvalue weighted by Crippen LogP contribution is 2.25. The maximum Gasteiger partial charge on any atom is 0.212 e. The molecule has 0 saturated carbocycles. The smallest absolute Gasteiger partial charge is 0.212 e. The Morgan fingerprint density at radius 1 is 1.23 bits per heavy atom. The lowest BCUT2D eigenvalue weighted by Crippen LogP contribution is -2.15. The summed E-state index contributed by atoms with van der Waals surface area (Å²) < 4.78 is 6.07. The molecule has 0 aliphatic heterocycles. The number of halogens is 1. The Labute approximate surface area is 139 Å². The monoisotopic (exact) mass is 361 g/mol. The van der Waals surface area contributed by atoms with Crippen LogP contribution in [0.3, 0.4) is 0 Å². The van der Waals surface area contributed by atoms with E-state index in [1.165, 1.54) is 0 Å². The Balaban J connectivity index is 2.13. The average molecular weight is 362 g/mol. The molecule has 0 aliphatic carbocycles. The zero-order valence-corrected chi connectivity index (χ0v) is 14.5. The van der Waals surface area contributed by atoms with Crippen LogP contribution in [0.5, 0.6) is 5.88 Å². The summed E-state index contributed by atoms with van der Waals surface area (Å²) in [6, 6.07) is 11.7. The van der Waals surface area contributed by atoms with Gasteiger partial charge in [-0.1, -0.05) is 47.5 Å². The lowest BCUT2D eigenvalue weighted by Gasteiger charge is -2.16. The fraction of sp³-hybridized carbons (Fsp3) is 0.333. The number of ether oxygens (including phenoxy) is 1. The second-order valence-corrected chi connectivity index (χ2v) is 6.16. The summed E-state index contributed by atoms with van der Waals surface area (Å²) in [4.78, 5) is 16.8. The number of Topliss-reactive ketones (excluding diaryl/α,β-unsaturated/α-hetero) is 1. The number of nitrogens with zero attached hydrogens (tertiary/aromatic N) is 1. The molecule has 2 rings (SSSR count). The van der Waals surface area contributed by atoms with Crippen LogP contribution >= 0.6 is 15.9 Å². The molecular weight excluding hydrogens is 342 g/mol. The van der Waals surface area contributed by atoms with E-state index < -0.39 is 0 Å². The van der Waals surface area contributed by atoms with E-state index in [4.69, 9.17) is 4.74 Å². The van der Waals surface area contributed by atoms with Crippen LogP contribution in [-0.2, 0) is 11.2 Å². The summed E-state index contributed by atoms with van der Waals surface area (Å²) in [5.41, 5.74) is 2.00. The van der Waals surface area contributed by atoms with Crippen LogP contribution in [0.2, 0.25) is 0 Å². The van der Waals surface area contributed by atoms with E-state index in [2.05, 4.69) is 27.8 Å². The van der Waals surface area contributed by atoms with Crippen LogP contribution in [0.15, 0.2) is 47.1 Å². The molecule has 0 radical (unpaired) electrons. The van der Waals surface area contributed by atoms with Gasteiger partial charge in [-0.2, -0.15) is 0 Å². The zero-order valence-electron chi connectivity index (χ0n) is 12.9. The number of rotatable bonds is 7. The molecule has 4 heteroatoms. The van der Waals surface area contributed by atoms with Crippen LogP contribution < -0.4 is 4.74 Å². The molecule has 1 atom stereocenters. The minimum Gasteiger partial charge on any atom is -0.481 e. The van der Waals surface area contributed by atoms with Crippen molar-refractivity contribution in [1.29, 1.82) is 0 Å². The van der Waals surface area contributed by atoms with Crippen LogP contribution in [-0.4, -0.2) is 17.9 Å². The van der Waals surface area contributed by atoms with Crippen molar-refractivity contribution in [2.45, 2.75) is 32.1 Å². The topological polar surface area (TPSA) is 39.2 Å². The quantitative estimate of drug-likeness (QED) is 0.726. The molecule has 0 amide bonds. The summed E-state index contributed by atoms with van der Waals surface area (Å²) in [6.45, 7) is 2.11. The van der Waals surface area contributed by atoms with Gasteiger partial charge >= 0.3 is 0 Å². The lowest BCUT2D eigenvalue weighted by atomic mass is 9.88. The Bertz CT molecular complexity index is 608. The number of carbonyl (C=O) groups is 1. The number of methoxy groups -OCH3 is 1. The predicted octanol–water partition coefficient (Wildman–Crippen LogP) is 4.55. The second-order valence-electron chi connectivity index (χ2n) is 5.24. The average Bonchev–Trinajstić information content (AvgIpc) is 2.54. The van der Waals surface area contributed by atoms with E-state index >= 15 is 0 Å². The SMILES string of the molecule is CCCC(C(=O)Cc1ccc(OC)nc1)c1ccc(Br)cc1. The highest BCUT2D eigenvalue weighted by atomic mass is 79.9. The molecule has 1 aromatic heterocycles. The summed E-state index contributed by atoms with van der Waals surface area (Å²) in [6.07, 6.45) is 3.95. The highest BCUT2D eigenvalue weighted by Gasteiger charge is 2.20. The van der Waals surface area contributed by atoms with E-state index in [1.54, 1.807) is 19.4 Å². The fourth-order valence-corrected chi connectivity index (χ4v) is 2.72. The van der Waals surface area contributed by atoms with Crippen LogP contribution in [0.25, 0.3) is 0 Å². The van der Waals surface area contributed by atoms with Gasteiger partial charge in [-0.3, -0.25) is 4.79 Å². The molecule has 0 saturated heterocycles. The van der Waals surface area contributed by atoms with Crippen molar-refractivity contribution in [3.05, 3.63) is 58.2 Å². The van der Waals surface area contributed by atoms with Gasteiger partial charge in [0, 0.05) is 29.1 Å². The van der Waals surface area contributed by atoms with E-state index in [9.17, 15) is 4.79 Å². The van der Waals surface area contributed by atoms with Gasteiger partial charge < -0.3 is 4.74 Å². The maximum atomic E-state index is 12.7. The molecule has 3 nitrogen and oxygen atoms in total. The predicted molar refractivity (Wildman–Crippen MR) is 91.3 cm³/mol. The Morgan fingerprint density at radius 2 is 1.95 bits per heavy atom. The van der Waals surface area contributed by atoms with Crippen LogP contribution in [0.1, 0.15) is 36.8 Å². The van der Waals surface area contributed by atoms with Gasteiger partial charge in [0.05, 0.1) is 7.11 Å². The summed E-state index contributed by atoms with van der Waals surface area (Å²) in [5.74, 6) is 0.741. The summed E-state index contributed by atoms with van der Waals surface area (Å²) in [7, 11) is 1.58. The van der Waals surface area contributed by atoms with Crippen molar-refractivity contribution in [1.82, 2.24) is 4.98 Å². The van der Waals surface area contributed by atoms with Crippen LogP contribution in [0.4, 0.5) is 0 Å². The Hall–Kier alpha value is -1.68.